The van der Waals surface area contributed by atoms with Crippen LogP contribution in [0.1, 0.15) is 17.3 Å². The van der Waals surface area contributed by atoms with Crippen LogP contribution < -0.4 is 19.9 Å². The number of rotatable bonds is 5. The van der Waals surface area contributed by atoms with Crippen LogP contribution in [0.15, 0.2) is 24.4 Å². The highest BCUT2D eigenvalue weighted by atomic mass is 16.5. The lowest BCUT2D eigenvalue weighted by molar-refractivity contribution is 0.323. The molecular weight excluding hydrogens is 258 g/mol. The van der Waals surface area contributed by atoms with Crippen LogP contribution >= 0.6 is 0 Å². The Morgan fingerprint density at radius 3 is 2.10 bits per heavy atom. The number of nitrogens with two attached hydrogens (primary N) is 1. The van der Waals surface area contributed by atoms with E-state index in [0.29, 0.717) is 17.2 Å². The number of methoxy groups -OCH3 is 3. The van der Waals surface area contributed by atoms with Crippen molar-refractivity contribution >= 4 is 0 Å². The third-order valence-corrected chi connectivity index (χ3v) is 3.22. The molecule has 108 valence electrons. The highest BCUT2D eigenvalue weighted by Gasteiger charge is 2.19. The summed E-state index contributed by atoms with van der Waals surface area (Å²) in [4.78, 5) is 0. The first-order valence-electron chi connectivity index (χ1n) is 6.15. The number of benzene rings is 1. The van der Waals surface area contributed by atoms with E-state index in [1.54, 1.807) is 32.2 Å². The molecular formula is C14H19N3O3. The summed E-state index contributed by atoms with van der Waals surface area (Å²) in [6, 6.07) is 5.25. The van der Waals surface area contributed by atoms with Gasteiger partial charge in [-0.05, 0) is 23.8 Å². The minimum atomic E-state index is -0.323. The zero-order chi connectivity index (χ0) is 14.7. The molecule has 1 atom stereocenters. The molecule has 0 radical (unpaired) electrons. The maximum absolute atomic E-state index is 6.29. The van der Waals surface area contributed by atoms with E-state index in [-0.39, 0.29) is 6.04 Å². The van der Waals surface area contributed by atoms with Crippen LogP contribution in [-0.2, 0) is 7.05 Å². The monoisotopic (exact) mass is 277 g/mol. The van der Waals surface area contributed by atoms with Crippen LogP contribution in [0.25, 0.3) is 0 Å². The highest BCUT2D eigenvalue weighted by molar-refractivity contribution is 5.55. The Labute approximate surface area is 118 Å². The number of aryl methyl sites for hydroxylation is 1. The van der Waals surface area contributed by atoms with Gasteiger partial charge in [0.1, 0.15) is 0 Å². The second kappa shape index (κ2) is 5.83. The van der Waals surface area contributed by atoms with E-state index in [1.807, 2.05) is 25.2 Å². The molecule has 0 bridgehead atoms. The standard InChI is InChI=1S/C14H19N3O3/c1-17-10(5-6-16-17)13(15)9-7-11(18-2)14(20-4)12(8-9)19-3/h5-8,13H,15H2,1-4H3. The lowest BCUT2D eigenvalue weighted by atomic mass is 10.0. The Balaban J connectivity index is 2.49. The third-order valence-electron chi connectivity index (χ3n) is 3.22. The normalized spacial score (nSPS) is 12.1. The highest BCUT2D eigenvalue weighted by Crippen LogP contribution is 2.40. The Morgan fingerprint density at radius 2 is 1.70 bits per heavy atom. The molecule has 1 unspecified atom stereocenters. The Bertz CT molecular complexity index is 570. The van der Waals surface area contributed by atoms with Gasteiger partial charge in [0.15, 0.2) is 11.5 Å². The van der Waals surface area contributed by atoms with Gasteiger partial charge in [0.05, 0.1) is 33.1 Å². The van der Waals surface area contributed by atoms with Gasteiger partial charge in [0.25, 0.3) is 0 Å². The molecule has 0 saturated heterocycles. The molecule has 0 saturated carbocycles. The van der Waals surface area contributed by atoms with Crippen LogP contribution in [0.2, 0.25) is 0 Å². The van der Waals surface area contributed by atoms with Crippen molar-refractivity contribution < 1.29 is 14.2 Å². The summed E-state index contributed by atoms with van der Waals surface area (Å²) >= 11 is 0. The Morgan fingerprint density at radius 1 is 1.10 bits per heavy atom. The molecule has 2 rings (SSSR count). The summed E-state index contributed by atoms with van der Waals surface area (Å²) in [5.41, 5.74) is 8.05. The van der Waals surface area contributed by atoms with Crippen LogP contribution in [0.4, 0.5) is 0 Å². The number of hydrogen-bond donors (Lipinski definition) is 1. The first-order valence-corrected chi connectivity index (χ1v) is 6.15. The van der Waals surface area contributed by atoms with E-state index < -0.39 is 0 Å². The van der Waals surface area contributed by atoms with Crippen LogP contribution in [0.3, 0.4) is 0 Å². The first kappa shape index (κ1) is 14.2. The average molecular weight is 277 g/mol. The summed E-state index contributed by atoms with van der Waals surface area (Å²) in [7, 11) is 6.58. The zero-order valence-corrected chi connectivity index (χ0v) is 12.1. The number of ether oxygens (including phenoxy) is 3. The maximum atomic E-state index is 6.29. The van der Waals surface area contributed by atoms with Gasteiger partial charge in [0.2, 0.25) is 5.75 Å². The van der Waals surface area contributed by atoms with Gasteiger partial charge in [-0.2, -0.15) is 5.10 Å². The summed E-state index contributed by atoms with van der Waals surface area (Å²) < 4.78 is 17.7. The molecule has 0 aliphatic carbocycles. The molecule has 6 nitrogen and oxygen atoms in total. The molecule has 0 fully saturated rings. The number of aromatic nitrogens is 2. The second-order valence-corrected chi connectivity index (χ2v) is 4.32. The first-order chi connectivity index (χ1) is 9.62. The lowest BCUT2D eigenvalue weighted by Crippen LogP contribution is -2.16. The molecule has 1 heterocycles. The van der Waals surface area contributed by atoms with E-state index in [1.165, 1.54) is 0 Å². The average Bonchev–Trinajstić information content (AvgIpc) is 2.90. The molecule has 2 N–H and O–H groups in total. The molecule has 1 aromatic heterocycles. The molecule has 0 amide bonds. The quantitative estimate of drug-likeness (QED) is 0.896. The van der Waals surface area contributed by atoms with Gasteiger partial charge in [0, 0.05) is 13.2 Å². The van der Waals surface area contributed by atoms with E-state index in [9.17, 15) is 0 Å². The fourth-order valence-electron chi connectivity index (χ4n) is 2.14. The van der Waals surface area contributed by atoms with E-state index >= 15 is 0 Å². The summed E-state index contributed by atoms with van der Waals surface area (Å²) in [5.74, 6) is 1.72. The van der Waals surface area contributed by atoms with Gasteiger partial charge in [-0.1, -0.05) is 0 Å². The van der Waals surface area contributed by atoms with Crippen molar-refractivity contribution in [2.24, 2.45) is 12.8 Å². The molecule has 20 heavy (non-hydrogen) atoms. The smallest absolute Gasteiger partial charge is 0.203 e. The maximum Gasteiger partial charge on any atom is 0.203 e. The SMILES string of the molecule is COc1cc(C(N)c2ccnn2C)cc(OC)c1OC. The van der Waals surface area contributed by atoms with Crippen LogP contribution in [0.5, 0.6) is 17.2 Å². The second-order valence-electron chi connectivity index (χ2n) is 4.32. The topological polar surface area (TPSA) is 71.5 Å². The molecule has 0 spiro atoms. The van der Waals surface area contributed by atoms with Crippen molar-refractivity contribution in [1.29, 1.82) is 0 Å². The predicted molar refractivity (Wildman–Crippen MR) is 75.3 cm³/mol. The van der Waals surface area contributed by atoms with E-state index in [4.69, 9.17) is 19.9 Å². The minimum Gasteiger partial charge on any atom is -0.493 e. The van der Waals surface area contributed by atoms with E-state index in [0.717, 1.165) is 11.3 Å². The summed E-state index contributed by atoms with van der Waals surface area (Å²) in [6.45, 7) is 0. The molecule has 1 aromatic carbocycles. The fraction of sp³-hybridized carbons (Fsp3) is 0.357. The Hall–Kier alpha value is -2.21. The van der Waals surface area contributed by atoms with Crippen molar-refractivity contribution in [3.63, 3.8) is 0 Å². The van der Waals surface area contributed by atoms with Crippen molar-refractivity contribution in [3.8, 4) is 17.2 Å². The van der Waals surface area contributed by atoms with Crippen LogP contribution in [0, 0.1) is 0 Å². The largest absolute Gasteiger partial charge is 0.493 e. The summed E-state index contributed by atoms with van der Waals surface area (Å²) in [5, 5.41) is 4.13. The predicted octanol–water partition coefficient (Wildman–Crippen LogP) is 1.49. The molecule has 0 aliphatic heterocycles. The number of hydrogen-bond acceptors (Lipinski definition) is 5. The van der Waals surface area contributed by atoms with Crippen molar-refractivity contribution in [2.45, 2.75) is 6.04 Å². The van der Waals surface area contributed by atoms with Crippen molar-refractivity contribution in [2.75, 3.05) is 21.3 Å². The Kier molecular flexibility index (Phi) is 4.14. The summed E-state index contributed by atoms with van der Waals surface area (Å²) in [6.07, 6.45) is 1.72. The molecule has 0 aliphatic rings. The van der Waals surface area contributed by atoms with E-state index in [2.05, 4.69) is 5.10 Å². The minimum absolute atomic E-state index is 0.323. The lowest BCUT2D eigenvalue weighted by Gasteiger charge is -2.18. The van der Waals surface area contributed by atoms with Crippen molar-refractivity contribution in [3.05, 3.63) is 35.7 Å². The fourth-order valence-corrected chi connectivity index (χ4v) is 2.14. The van der Waals surface area contributed by atoms with Gasteiger partial charge in [-0.15, -0.1) is 0 Å². The van der Waals surface area contributed by atoms with Gasteiger partial charge >= 0.3 is 0 Å². The van der Waals surface area contributed by atoms with Gasteiger partial charge in [-0.3, -0.25) is 4.68 Å². The molecule has 6 heteroatoms. The number of nitrogens with zero attached hydrogens (tertiary/aromatic N) is 2. The zero-order valence-electron chi connectivity index (χ0n) is 12.1. The third kappa shape index (κ3) is 2.42. The van der Waals surface area contributed by atoms with Crippen molar-refractivity contribution in [1.82, 2.24) is 9.78 Å². The molecule has 2 aromatic rings. The van der Waals surface area contributed by atoms with Crippen LogP contribution in [-0.4, -0.2) is 31.1 Å². The van der Waals surface area contributed by atoms with Gasteiger partial charge < -0.3 is 19.9 Å². The van der Waals surface area contributed by atoms with Gasteiger partial charge in [-0.25, -0.2) is 0 Å².